The van der Waals surface area contributed by atoms with E-state index < -0.39 is 22.0 Å². The first-order valence-corrected chi connectivity index (χ1v) is 7.11. The Morgan fingerprint density at radius 1 is 1.50 bits per heavy atom. The van der Waals surface area contributed by atoms with Crippen molar-refractivity contribution in [3.05, 3.63) is 16.3 Å². The predicted octanol–water partition coefficient (Wildman–Crippen LogP) is 0.288. The lowest BCUT2D eigenvalue weighted by Crippen LogP contribution is -2.26. The smallest absolute Gasteiger partial charge is 0.345 e. The molecule has 0 bridgehead atoms. The first-order valence-electron chi connectivity index (χ1n) is 4.75. The number of esters is 1. The fraction of sp³-hybridized carbons (Fsp3) is 0.333. The van der Waals surface area contributed by atoms with Crippen LogP contribution in [0, 0.1) is 0 Å². The number of thiophene rings is 1. The van der Waals surface area contributed by atoms with Crippen LogP contribution in [-0.4, -0.2) is 39.1 Å². The van der Waals surface area contributed by atoms with Gasteiger partial charge in [-0.2, -0.15) is 0 Å². The number of rotatable bonds is 6. The first-order chi connectivity index (χ1) is 8.36. The molecule has 0 aliphatic rings. The van der Waals surface area contributed by atoms with Gasteiger partial charge in [0.05, 0.1) is 18.4 Å². The number of ether oxygens (including phenoxy) is 1. The van der Waals surface area contributed by atoms with Gasteiger partial charge in [-0.3, -0.25) is 4.79 Å². The summed E-state index contributed by atoms with van der Waals surface area (Å²) in [4.78, 5) is 21.2. The zero-order valence-electron chi connectivity index (χ0n) is 9.37. The van der Waals surface area contributed by atoms with E-state index in [2.05, 4.69) is 9.46 Å². The highest BCUT2D eigenvalue weighted by molar-refractivity contribution is 7.89. The molecule has 0 atom stereocenters. The minimum absolute atomic E-state index is 0.0663. The summed E-state index contributed by atoms with van der Waals surface area (Å²) in [5.41, 5.74) is 0. The SMILES string of the molecule is COC(=O)CCNS(=O)(=O)c1csc(C(=O)O)c1. The second-order valence-corrected chi connectivity index (χ2v) is 5.85. The van der Waals surface area contributed by atoms with E-state index in [-0.39, 0.29) is 22.7 Å². The molecule has 1 aromatic heterocycles. The fourth-order valence-corrected chi connectivity index (χ4v) is 3.19. The van der Waals surface area contributed by atoms with Crippen molar-refractivity contribution in [3.63, 3.8) is 0 Å². The molecular weight excluding hydrogens is 282 g/mol. The average Bonchev–Trinajstić information content (AvgIpc) is 2.78. The second-order valence-electron chi connectivity index (χ2n) is 3.18. The Bertz CT molecular complexity index is 547. The lowest BCUT2D eigenvalue weighted by atomic mass is 10.4. The molecule has 0 saturated heterocycles. The van der Waals surface area contributed by atoms with Gasteiger partial charge in [0.25, 0.3) is 0 Å². The number of aromatic carboxylic acids is 1. The van der Waals surface area contributed by atoms with Gasteiger partial charge >= 0.3 is 11.9 Å². The van der Waals surface area contributed by atoms with Gasteiger partial charge in [0.15, 0.2) is 0 Å². The van der Waals surface area contributed by atoms with Crippen LogP contribution in [0.4, 0.5) is 0 Å². The van der Waals surface area contributed by atoms with Crippen molar-refractivity contribution in [1.29, 1.82) is 0 Å². The Balaban J connectivity index is 2.68. The lowest BCUT2D eigenvalue weighted by molar-refractivity contribution is -0.140. The van der Waals surface area contributed by atoms with E-state index in [1.54, 1.807) is 0 Å². The number of carboxylic acids is 1. The molecule has 0 unspecified atom stereocenters. The van der Waals surface area contributed by atoms with E-state index in [9.17, 15) is 18.0 Å². The number of nitrogens with one attached hydrogen (secondary N) is 1. The largest absolute Gasteiger partial charge is 0.477 e. The van der Waals surface area contributed by atoms with Crippen molar-refractivity contribution in [2.45, 2.75) is 11.3 Å². The molecule has 0 saturated carbocycles. The van der Waals surface area contributed by atoms with Gasteiger partial charge < -0.3 is 9.84 Å². The Morgan fingerprint density at radius 2 is 2.17 bits per heavy atom. The van der Waals surface area contributed by atoms with E-state index >= 15 is 0 Å². The van der Waals surface area contributed by atoms with Crippen molar-refractivity contribution in [2.24, 2.45) is 0 Å². The maximum absolute atomic E-state index is 11.7. The Labute approximate surface area is 107 Å². The number of hydrogen-bond donors (Lipinski definition) is 2. The van der Waals surface area contributed by atoms with Crippen molar-refractivity contribution >= 4 is 33.3 Å². The van der Waals surface area contributed by atoms with Crippen LogP contribution in [0.1, 0.15) is 16.1 Å². The summed E-state index contributed by atoms with van der Waals surface area (Å²) < 4.78 is 29.9. The number of carboxylic acid groups (broad SMARTS) is 1. The molecule has 1 rings (SSSR count). The summed E-state index contributed by atoms with van der Waals surface area (Å²) in [6.07, 6.45) is -0.0916. The topological polar surface area (TPSA) is 110 Å². The Kier molecular flexibility index (Phi) is 4.82. The Morgan fingerprint density at radius 3 is 2.67 bits per heavy atom. The van der Waals surface area contributed by atoms with Crippen molar-refractivity contribution < 1.29 is 27.9 Å². The molecule has 2 N–H and O–H groups in total. The summed E-state index contributed by atoms with van der Waals surface area (Å²) in [6.45, 7) is -0.104. The highest BCUT2D eigenvalue weighted by Gasteiger charge is 2.18. The number of sulfonamides is 1. The van der Waals surface area contributed by atoms with Gasteiger partial charge in [0.1, 0.15) is 4.88 Å². The van der Waals surface area contributed by atoms with Gasteiger partial charge in [-0.15, -0.1) is 11.3 Å². The minimum atomic E-state index is -3.79. The molecule has 1 heterocycles. The van der Waals surface area contributed by atoms with Gasteiger partial charge in [-0.05, 0) is 6.07 Å². The highest BCUT2D eigenvalue weighted by atomic mass is 32.2. The van der Waals surface area contributed by atoms with Crippen LogP contribution in [0.5, 0.6) is 0 Å². The fourth-order valence-electron chi connectivity index (χ4n) is 1.04. The molecule has 9 heteroatoms. The summed E-state index contributed by atoms with van der Waals surface area (Å²) in [6, 6.07) is 1.06. The van der Waals surface area contributed by atoms with Crippen LogP contribution in [0.3, 0.4) is 0 Å². The summed E-state index contributed by atoms with van der Waals surface area (Å²) in [7, 11) is -2.58. The molecule has 100 valence electrons. The quantitative estimate of drug-likeness (QED) is 0.729. The van der Waals surface area contributed by atoms with Gasteiger partial charge in [-0.1, -0.05) is 0 Å². The molecule has 18 heavy (non-hydrogen) atoms. The summed E-state index contributed by atoms with van der Waals surface area (Å²) in [5.74, 6) is -1.72. The maximum Gasteiger partial charge on any atom is 0.345 e. The predicted molar refractivity (Wildman–Crippen MR) is 63.1 cm³/mol. The zero-order chi connectivity index (χ0) is 13.8. The number of carbonyl (C=O) groups excluding carboxylic acids is 1. The summed E-state index contributed by atoms with van der Waals surface area (Å²) in [5, 5.41) is 9.90. The van der Waals surface area contributed by atoms with Crippen LogP contribution < -0.4 is 4.72 Å². The van der Waals surface area contributed by atoms with E-state index in [0.717, 1.165) is 17.4 Å². The molecule has 7 nitrogen and oxygen atoms in total. The molecule has 0 fully saturated rings. The van der Waals surface area contributed by atoms with Crippen LogP contribution in [0.15, 0.2) is 16.3 Å². The second kappa shape index (κ2) is 5.94. The number of methoxy groups -OCH3 is 1. The molecule has 0 spiro atoms. The Hall–Kier alpha value is -1.45. The van der Waals surface area contributed by atoms with Crippen molar-refractivity contribution in [1.82, 2.24) is 4.72 Å². The third-order valence-corrected chi connectivity index (χ3v) is 4.45. The third kappa shape index (κ3) is 3.79. The lowest BCUT2D eigenvalue weighted by Gasteiger charge is -2.03. The van der Waals surface area contributed by atoms with Crippen LogP contribution in [0.25, 0.3) is 0 Å². The summed E-state index contributed by atoms with van der Waals surface area (Å²) >= 11 is 0.818. The van der Waals surface area contributed by atoms with Crippen molar-refractivity contribution in [3.8, 4) is 0 Å². The van der Waals surface area contributed by atoms with E-state index in [1.807, 2.05) is 0 Å². The van der Waals surface area contributed by atoms with Gasteiger partial charge in [-0.25, -0.2) is 17.9 Å². The van der Waals surface area contributed by atoms with E-state index in [1.165, 1.54) is 12.5 Å². The first kappa shape index (κ1) is 14.6. The van der Waals surface area contributed by atoms with E-state index in [0.29, 0.717) is 0 Å². The number of hydrogen-bond acceptors (Lipinski definition) is 6. The third-order valence-electron chi connectivity index (χ3n) is 1.95. The monoisotopic (exact) mass is 293 g/mol. The minimum Gasteiger partial charge on any atom is -0.477 e. The zero-order valence-corrected chi connectivity index (χ0v) is 11.0. The molecule has 0 aliphatic carbocycles. The van der Waals surface area contributed by atoms with Gasteiger partial charge in [0.2, 0.25) is 10.0 Å². The van der Waals surface area contributed by atoms with Crippen LogP contribution >= 0.6 is 11.3 Å². The van der Waals surface area contributed by atoms with Crippen molar-refractivity contribution in [2.75, 3.05) is 13.7 Å². The molecule has 0 radical (unpaired) electrons. The highest BCUT2D eigenvalue weighted by Crippen LogP contribution is 2.18. The van der Waals surface area contributed by atoms with Crippen LogP contribution in [-0.2, 0) is 19.6 Å². The molecular formula is C9H11NO6S2. The number of carbonyl (C=O) groups is 2. The standard InChI is InChI=1S/C9H11NO6S2/c1-16-8(11)2-3-10-18(14,15)6-4-7(9(12)13)17-5-6/h4-5,10H,2-3H2,1H3,(H,12,13). The van der Waals surface area contributed by atoms with Crippen LogP contribution in [0.2, 0.25) is 0 Å². The molecule has 0 amide bonds. The molecule has 0 aromatic carbocycles. The molecule has 1 aromatic rings. The van der Waals surface area contributed by atoms with E-state index in [4.69, 9.17) is 5.11 Å². The molecule has 0 aliphatic heterocycles. The normalized spacial score (nSPS) is 11.2. The maximum atomic E-state index is 11.7. The average molecular weight is 293 g/mol. The van der Waals surface area contributed by atoms with Gasteiger partial charge in [0, 0.05) is 11.9 Å².